The fourth-order valence-electron chi connectivity index (χ4n) is 5.60. The zero-order valence-electron chi connectivity index (χ0n) is 24.7. The molecule has 1 unspecified atom stereocenters. The van der Waals surface area contributed by atoms with Gasteiger partial charge in [-0.2, -0.15) is 0 Å². The summed E-state index contributed by atoms with van der Waals surface area (Å²) in [6.45, 7) is 6.82. The van der Waals surface area contributed by atoms with E-state index in [2.05, 4.69) is 54.3 Å². The molecule has 6 nitrogen and oxygen atoms in total. The number of amides is 1. The molecule has 9 heteroatoms. The van der Waals surface area contributed by atoms with E-state index in [4.69, 9.17) is 0 Å². The number of carbonyl (C=O) groups excluding carboxylic acids is 1. The standard InChI is InChI=1S/C33H41F2N3O3S/c1-33(2,3)19-21-11-12-23-7-6-10-29(28(23)15-21)36-20-31(39)30(16-22-13-25(34)18-26(35)14-22)37-32(40)24-8-5-9-27(17-24)38-42(4)41/h5,8-9,11-15,17-18,29-31,36,38-39H,6-7,10,16,19-20H2,1-4H3,(H,37,40)/t29-,30-,31+,42?/m0/s1. The lowest BCUT2D eigenvalue weighted by molar-refractivity contribution is 0.0823. The third kappa shape index (κ3) is 9.18. The van der Waals surface area contributed by atoms with Gasteiger partial charge in [0.1, 0.15) is 22.6 Å². The number of carbonyl (C=O) groups is 1. The van der Waals surface area contributed by atoms with Crippen molar-refractivity contribution < 1.29 is 22.9 Å². The highest BCUT2D eigenvalue weighted by atomic mass is 32.2. The zero-order valence-corrected chi connectivity index (χ0v) is 25.5. The highest BCUT2D eigenvalue weighted by molar-refractivity contribution is 7.85. The predicted molar refractivity (Wildman–Crippen MR) is 165 cm³/mol. The molecule has 226 valence electrons. The van der Waals surface area contributed by atoms with Crippen LogP contribution in [0.5, 0.6) is 0 Å². The van der Waals surface area contributed by atoms with Crippen LogP contribution in [0, 0.1) is 17.0 Å². The topological polar surface area (TPSA) is 90.5 Å². The third-order valence-electron chi connectivity index (χ3n) is 7.38. The lowest BCUT2D eigenvalue weighted by Crippen LogP contribution is -2.49. The minimum Gasteiger partial charge on any atom is -0.390 e. The summed E-state index contributed by atoms with van der Waals surface area (Å²) in [5.74, 6) is -1.91. The molecule has 0 radical (unpaired) electrons. The number of rotatable bonds is 11. The first kappa shape index (κ1) is 31.8. The van der Waals surface area contributed by atoms with Crippen LogP contribution in [0.1, 0.15) is 72.3 Å². The van der Waals surface area contributed by atoms with Crippen molar-refractivity contribution in [2.24, 2.45) is 5.41 Å². The second-order valence-corrected chi connectivity index (χ2v) is 13.5. The van der Waals surface area contributed by atoms with Crippen molar-refractivity contribution in [1.29, 1.82) is 0 Å². The van der Waals surface area contributed by atoms with E-state index in [0.29, 0.717) is 16.8 Å². The van der Waals surface area contributed by atoms with Gasteiger partial charge in [-0.25, -0.2) is 13.0 Å². The van der Waals surface area contributed by atoms with Crippen LogP contribution in [0.4, 0.5) is 14.5 Å². The fourth-order valence-corrected chi connectivity index (χ4v) is 6.05. The number of benzene rings is 3. The third-order valence-corrected chi connectivity index (χ3v) is 7.90. The molecule has 0 spiro atoms. The average Bonchev–Trinajstić information content (AvgIpc) is 2.89. The van der Waals surface area contributed by atoms with Gasteiger partial charge in [0.15, 0.2) is 0 Å². The molecule has 0 saturated carbocycles. The summed E-state index contributed by atoms with van der Waals surface area (Å²) in [5, 5.41) is 17.7. The number of nitrogens with one attached hydrogen (secondary N) is 3. The number of aliphatic hydroxyl groups is 1. The molecule has 0 bridgehead atoms. The number of halogens is 2. The number of aliphatic hydroxyl groups excluding tert-OH is 1. The van der Waals surface area contributed by atoms with Gasteiger partial charge in [0.2, 0.25) is 0 Å². The van der Waals surface area contributed by atoms with Gasteiger partial charge >= 0.3 is 0 Å². The van der Waals surface area contributed by atoms with E-state index in [-0.39, 0.29) is 24.4 Å². The second-order valence-electron chi connectivity index (χ2n) is 12.4. The van der Waals surface area contributed by atoms with Crippen LogP contribution in [-0.2, 0) is 30.2 Å². The Labute approximate surface area is 249 Å². The molecule has 4 N–H and O–H groups in total. The summed E-state index contributed by atoms with van der Waals surface area (Å²) in [6, 6.07) is 15.6. The first-order valence-electron chi connectivity index (χ1n) is 14.4. The zero-order chi connectivity index (χ0) is 30.4. The summed E-state index contributed by atoms with van der Waals surface area (Å²) in [4.78, 5) is 13.2. The molecule has 3 aromatic carbocycles. The smallest absolute Gasteiger partial charge is 0.251 e. The molecule has 0 heterocycles. The first-order chi connectivity index (χ1) is 19.9. The molecule has 0 fully saturated rings. The number of aryl methyl sites for hydroxylation is 1. The van der Waals surface area contributed by atoms with Crippen molar-refractivity contribution in [2.45, 2.75) is 71.1 Å². The van der Waals surface area contributed by atoms with Gasteiger partial charge in [-0.1, -0.05) is 45.0 Å². The van der Waals surface area contributed by atoms with Crippen molar-refractivity contribution in [1.82, 2.24) is 10.6 Å². The minimum absolute atomic E-state index is 0.0250. The second kappa shape index (κ2) is 13.9. The summed E-state index contributed by atoms with van der Waals surface area (Å²) >= 11 is 0. The van der Waals surface area contributed by atoms with Crippen molar-refractivity contribution in [3.63, 3.8) is 0 Å². The van der Waals surface area contributed by atoms with Gasteiger partial charge < -0.3 is 20.5 Å². The van der Waals surface area contributed by atoms with Crippen molar-refractivity contribution >= 4 is 22.6 Å². The monoisotopic (exact) mass is 597 g/mol. The van der Waals surface area contributed by atoms with Gasteiger partial charge in [0.05, 0.1) is 12.1 Å². The first-order valence-corrected chi connectivity index (χ1v) is 15.9. The Morgan fingerprint density at radius 3 is 2.48 bits per heavy atom. The number of fused-ring (bicyclic) bond motifs is 1. The molecule has 1 aliphatic carbocycles. The molecule has 0 saturated heterocycles. The average molecular weight is 598 g/mol. The number of anilines is 1. The highest BCUT2D eigenvalue weighted by Gasteiger charge is 2.27. The van der Waals surface area contributed by atoms with E-state index in [1.54, 1.807) is 24.3 Å². The summed E-state index contributed by atoms with van der Waals surface area (Å²) < 4.78 is 42.3. The maximum Gasteiger partial charge on any atom is 0.251 e. The van der Waals surface area contributed by atoms with Crippen molar-refractivity contribution in [3.05, 3.63) is 100 Å². The van der Waals surface area contributed by atoms with Crippen LogP contribution in [-0.4, -0.2) is 40.2 Å². The van der Waals surface area contributed by atoms with Crippen LogP contribution in [0.2, 0.25) is 0 Å². The van der Waals surface area contributed by atoms with Crippen LogP contribution >= 0.6 is 0 Å². The van der Waals surface area contributed by atoms with E-state index in [1.165, 1.54) is 35.1 Å². The van der Waals surface area contributed by atoms with Crippen molar-refractivity contribution in [2.75, 3.05) is 17.5 Å². The Kier molecular flexibility index (Phi) is 10.5. The van der Waals surface area contributed by atoms with Gasteiger partial charge in [-0.3, -0.25) is 4.79 Å². The minimum atomic E-state index is -1.32. The van der Waals surface area contributed by atoms with Gasteiger partial charge in [0.25, 0.3) is 5.91 Å². The summed E-state index contributed by atoms with van der Waals surface area (Å²) in [7, 11) is -1.32. The molecule has 1 aliphatic rings. The predicted octanol–water partition coefficient (Wildman–Crippen LogP) is 5.63. The van der Waals surface area contributed by atoms with E-state index in [9.17, 15) is 22.9 Å². The normalized spacial score (nSPS) is 17.2. The van der Waals surface area contributed by atoms with Crippen LogP contribution < -0.4 is 15.4 Å². The highest BCUT2D eigenvalue weighted by Crippen LogP contribution is 2.32. The number of hydrogen-bond donors (Lipinski definition) is 4. The Hall–Kier alpha value is -3.14. The largest absolute Gasteiger partial charge is 0.390 e. The lowest BCUT2D eigenvalue weighted by Gasteiger charge is -2.31. The van der Waals surface area contributed by atoms with Crippen molar-refractivity contribution in [3.8, 4) is 0 Å². The quantitative estimate of drug-likeness (QED) is 0.231. The molecule has 0 aliphatic heterocycles. The lowest BCUT2D eigenvalue weighted by atomic mass is 9.82. The molecule has 4 rings (SSSR count). The summed E-state index contributed by atoms with van der Waals surface area (Å²) in [5.41, 5.74) is 5.10. The molecule has 4 atom stereocenters. The van der Waals surface area contributed by atoms with Crippen LogP contribution in [0.3, 0.4) is 0 Å². The van der Waals surface area contributed by atoms with E-state index >= 15 is 0 Å². The Morgan fingerprint density at radius 2 is 1.79 bits per heavy atom. The SMILES string of the molecule is CS(=O)Nc1cccc(C(=O)N[C@@H](Cc2cc(F)cc(F)c2)[C@H](O)CN[C@H]2CCCc3ccc(CC(C)(C)C)cc32)c1. The number of hydrogen-bond acceptors (Lipinski definition) is 4. The van der Waals surface area contributed by atoms with E-state index in [0.717, 1.165) is 31.7 Å². The molecule has 1 amide bonds. The summed E-state index contributed by atoms with van der Waals surface area (Å²) in [6.07, 6.45) is 4.37. The molecule has 3 aromatic rings. The van der Waals surface area contributed by atoms with Crippen LogP contribution in [0.15, 0.2) is 60.7 Å². The Balaban J connectivity index is 1.52. The van der Waals surface area contributed by atoms with Crippen LogP contribution in [0.25, 0.3) is 0 Å². The Bertz CT molecular complexity index is 1410. The fraction of sp³-hybridized carbons (Fsp3) is 0.424. The molecular formula is C33H41F2N3O3S. The van der Waals surface area contributed by atoms with E-state index in [1.807, 2.05) is 0 Å². The van der Waals surface area contributed by atoms with Gasteiger partial charge in [0, 0.05) is 36.2 Å². The maximum absolute atomic E-state index is 14.0. The van der Waals surface area contributed by atoms with Gasteiger partial charge in [-0.15, -0.1) is 0 Å². The Morgan fingerprint density at radius 1 is 1.05 bits per heavy atom. The van der Waals surface area contributed by atoms with E-state index < -0.39 is 40.7 Å². The van der Waals surface area contributed by atoms with Gasteiger partial charge in [-0.05, 0) is 90.1 Å². The molecule has 0 aromatic heterocycles. The molecule has 42 heavy (non-hydrogen) atoms. The molecular weight excluding hydrogens is 556 g/mol. The maximum atomic E-state index is 14.0.